The average molecular weight is 545 g/mol. The highest BCUT2D eigenvalue weighted by Gasteiger charge is 2.35. The molecule has 3 aromatic heterocycles. The number of carboxylic acids is 1. The molecule has 0 saturated carbocycles. The third-order valence-corrected chi connectivity index (χ3v) is 8.15. The number of ether oxygens (including phenoxy) is 2. The second-order valence-corrected chi connectivity index (χ2v) is 10.7. The van der Waals surface area contributed by atoms with E-state index in [1.165, 1.54) is 31.4 Å². The molecule has 0 fully saturated rings. The number of aromatic nitrogens is 2. The first-order valence-electron chi connectivity index (χ1n) is 12.4. The van der Waals surface area contributed by atoms with Gasteiger partial charge in [0.2, 0.25) is 5.89 Å². The van der Waals surface area contributed by atoms with Gasteiger partial charge in [0.05, 0.1) is 18.7 Å². The maximum Gasteiger partial charge on any atom is 0.313 e. The molecule has 5 aromatic rings. The molecule has 0 aliphatic carbocycles. The molecule has 0 unspecified atom stereocenters. The lowest BCUT2D eigenvalue weighted by Gasteiger charge is -2.24. The minimum absolute atomic E-state index is 0.181. The molecule has 1 N–H and O–H groups in total. The van der Waals surface area contributed by atoms with Crippen LogP contribution in [0.3, 0.4) is 0 Å². The number of rotatable bonds is 9. The van der Waals surface area contributed by atoms with Crippen molar-refractivity contribution in [2.45, 2.75) is 38.7 Å². The number of oxazole rings is 1. The number of pyridine rings is 1. The minimum Gasteiger partial charge on any atom is -0.496 e. The van der Waals surface area contributed by atoms with Gasteiger partial charge in [-0.25, -0.2) is 4.98 Å². The maximum absolute atomic E-state index is 13.8. The Morgan fingerprint density at radius 1 is 1.15 bits per heavy atom. The summed E-state index contributed by atoms with van der Waals surface area (Å²) in [5.41, 5.74) is 0.589. The van der Waals surface area contributed by atoms with Crippen LogP contribution >= 0.6 is 11.3 Å². The third kappa shape index (κ3) is 4.81. The van der Waals surface area contributed by atoms with Gasteiger partial charge in [0.1, 0.15) is 33.6 Å². The van der Waals surface area contributed by atoms with Crippen LogP contribution in [0.1, 0.15) is 42.3 Å². The normalized spacial score (nSPS) is 12.4. The van der Waals surface area contributed by atoms with Crippen LogP contribution in [0.25, 0.3) is 15.6 Å². The van der Waals surface area contributed by atoms with Gasteiger partial charge in [-0.1, -0.05) is 36.4 Å². The zero-order chi connectivity index (χ0) is 27.7. The van der Waals surface area contributed by atoms with Crippen molar-refractivity contribution in [1.29, 1.82) is 0 Å². The number of benzene rings is 2. The Balaban J connectivity index is 1.75. The third-order valence-electron chi connectivity index (χ3n) is 6.84. The van der Waals surface area contributed by atoms with Gasteiger partial charge in [-0.3, -0.25) is 14.0 Å². The number of carbonyl (C=O) groups is 1. The number of fused-ring (bicyclic) bond motifs is 1. The molecule has 0 saturated heterocycles. The number of thiazole rings is 1. The van der Waals surface area contributed by atoms with Gasteiger partial charge in [0.15, 0.2) is 0 Å². The Hall–Kier alpha value is -4.37. The molecular formula is C30H28N2O6S. The van der Waals surface area contributed by atoms with Crippen LogP contribution < -0.4 is 15.0 Å². The summed E-state index contributed by atoms with van der Waals surface area (Å²) in [7, 11) is 1.61. The van der Waals surface area contributed by atoms with Gasteiger partial charge >= 0.3 is 5.97 Å². The fraction of sp³-hybridized carbons (Fsp3) is 0.233. The molecule has 9 heteroatoms. The van der Waals surface area contributed by atoms with E-state index in [0.717, 1.165) is 11.1 Å². The Bertz CT molecular complexity index is 1690. The summed E-state index contributed by atoms with van der Waals surface area (Å²) in [6.45, 7) is 4.89. The summed E-state index contributed by atoms with van der Waals surface area (Å²) < 4.78 is 19.3. The Morgan fingerprint density at radius 3 is 2.54 bits per heavy atom. The largest absolute Gasteiger partial charge is 0.496 e. The molecule has 0 radical (unpaired) electrons. The summed E-state index contributed by atoms with van der Waals surface area (Å²) in [5.74, 6) is 0.642. The molecule has 39 heavy (non-hydrogen) atoms. The molecule has 8 nitrogen and oxygen atoms in total. The van der Waals surface area contributed by atoms with Crippen LogP contribution in [0.2, 0.25) is 0 Å². The van der Waals surface area contributed by atoms with E-state index < -0.39 is 17.5 Å². The zero-order valence-electron chi connectivity index (χ0n) is 22.0. The van der Waals surface area contributed by atoms with Crippen LogP contribution in [0.4, 0.5) is 0 Å². The van der Waals surface area contributed by atoms with Crippen molar-refractivity contribution in [3.8, 4) is 22.3 Å². The molecular weight excluding hydrogens is 516 g/mol. The standard InChI is InChI=1S/C30H28N2O6S/c1-18-25(26-31-14-15-37-26)39-28-19(16-22(27(33)32(18)28)30(2,3)29(34)35)17-24(38-20-10-6-5-7-11-20)21-12-8-9-13-23(21)36-4/h5-16,24H,17H2,1-4H3,(H,34,35)/t24-/m0/s1. The Morgan fingerprint density at radius 2 is 1.87 bits per heavy atom. The van der Waals surface area contributed by atoms with E-state index in [-0.39, 0.29) is 11.1 Å². The van der Waals surface area contributed by atoms with Crippen LogP contribution in [0.15, 0.2) is 82.3 Å². The van der Waals surface area contributed by atoms with Gasteiger partial charge in [-0.15, -0.1) is 11.3 Å². The van der Waals surface area contributed by atoms with E-state index in [1.54, 1.807) is 23.8 Å². The number of nitrogens with zero attached hydrogens (tertiary/aromatic N) is 2. The van der Waals surface area contributed by atoms with Crippen molar-refractivity contribution >= 4 is 22.1 Å². The molecule has 3 heterocycles. The smallest absolute Gasteiger partial charge is 0.313 e. The summed E-state index contributed by atoms with van der Waals surface area (Å²) in [6, 6.07) is 18.8. The summed E-state index contributed by atoms with van der Waals surface area (Å²) in [4.78, 5) is 31.7. The van der Waals surface area contributed by atoms with E-state index in [4.69, 9.17) is 13.9 Å². The molecule has 5 rings (SSSR count). The SMILES string of the molecule is COc1ccccc1[C@H](Cc1cc(C(C)(C)C(=O)O)c(=O)n2c(C)c(-c3ncco3)sc12)Oc1ccccc1. The predicted molar refractivity (Wildman–Crippen MR) is 149 cm³/mol. The van der Waals surface area contributed by atoms with Crippen molar-refractivity contribution in [3.05, 3.63) is 106 Å². The first-order chi connectivity index (χ1) is 18.7. The first-order valence-corrected chi connectivity index (χ1v) is 13.2. The fourth-order valence-electron chi connectivity index (χ4n) is 4.60. The van der Waals surface area contributed by atoms with Crippen molar-refractivity contribution in [1.82, 2.24) is 9.38 Å². The molecule has 0 bridgehead atoms. The van der Waals surface area contributed by atoms with Crippen LogP contribution in [0, 0.1) is 6.92 Å². The van der Waals surface area contributed by atoms with Gasteiger partial charge in [-0.05, 0) is 50.6 Å². The highest BCUT2D eigenvalue weighted by molar-refractivity contribution is 7.21. The maximum atomic E-state index is 13.8. The number of carboxylic acid groups (broad SMARTS) is 1. The van der Waals surface area contributed by atoms with Crippen molar-refractivity contribution in [2.24, 2.45) is 0 Å². The molecule has 0 aliphatic heterocycles. The second kappa shape index (κ2) is 10.4. The molecule has 1 atom stereocenters. The topological polar surface area (TPSA) is 103 Å². The van der Waals surface area contributed by atoms with Crippen LogP contribution in [-0.2, 0) is 16.6 Å². The van der Waals surface area contributed by atoms with E-state index in [1.807, 2.05) is 61.5 Å². The quantitative estimate of drug-likeness (QED) is 0.241. The van der Waals surface area contributed by atoms with Gasteiger partial charge in [0, 0.05) is 23.2 Å². The first kappa shape index (κ1) is 26.2. The van der Waals surface area contributed by atoms with E-state index in [9.17, 15) is 14.7 Å². The van der Waals surface area contributed by atoms with E-state index in [0.29, 0.717) is 39.2 Å². The molecule has 0 spiro atoms. The highest BCUT2D eigenvalue weighted by Crippen LogP contribution is 2.38. The molecule has 0 amide bonds. The van der Waals surface area contributed by atoms with Crippen molar-refractivity contribution in [2.75, 3.05) is 7.11 Å². The lowest BCUT2D eigenvalue weighted by atomic mass is 9.84. The summed E-state index contributed by atoms with van der Waals surface area (Å²) in [6.07, 6.45) is 2.87. The molecule has 200 valence electrons. The number of hydrogen-bond donors (Lipinski definition) is 1. The summed E-state index contributed by atoms with van der Waals surface area (Å²) in [5, 5.41) is 10.0. The second-order valence-electron chi connectivity index (χ2n) is 9.68. The van der Waals surface area contributed by atoms with Gasteiger partial charge < -0.3 is 19.0 Å². The van der Waals surface area contributed by atoms with Gasteiger partial charge in [0.25, 0.3) is 5.56 Å². The van der Waals surface area contributed by atoms with Crippen molar-refractivity contribution in [3.63, 3.8) is 0 Å². The predicted octanol–water partition coefficient (Wildman–Crippen LogP) is 6.06. The Labute approximate surface area is 229 Å². The minimum atomic E-state index is -1.43. The van der Waals surface area contributed by atoms with Gasteiger partial charge in [-0.2, -0.15) is 0 Å². The zero-order valence-corrected chi connectivity index (χ0v) is 22.8. The molecule has 2 aromatic carbocycles. The van der Waals surface area contributed by atoms with Crippen LogP contribution in [-0.4, -0.2) is 27.6 Å². The highest BCUT2D eigenvalue weighted by atomic mass is 32.1. The van der Waals surface area contributed by atoms with Crippen molar-refractivity contribution < 1.29 is 23.8 Å². The number of aliphatic carboxylic acids is 1. The number of para-hydroxylation sites is 2. The lowest BCUT2D eigenvalue weighted by molar-refractivity contribution is -0.142. The lowest BCUT2D eigenvalue weighted by Crippen LogP contribution is -2.36. The van der Waals surface area contributed by atoms with Crippen LogP contribution in [0.5, 0.6) is 11.5 Å². The fourth-order valence-corrected chi connectivity index (χ4v) is 5.80. The van der Waals surface area contributed by atoms with E-state index >= 15 is 0 Å². The monoisotopic (exact) mass is 544 g/mol. The average Bonchev–Trinajstić information content (AvgIpc) is 3.58. The molecule has 0 aliphatic rings. The Kier molecular flexibility index (Phi) is 7.01. The van der Waals surface area contributed by atoms with E-state index in [2.05, 4.69) is 4.98 Å². The number of hydrogen-bond acceptors (Lipinski definition) is 7. The number of aryl methyl sites for hydroxylation is 1. The number of methoxy groups -OCH3 is 1. The summed E-state index contributed by atoms with van der Waals surface area (Å²) >= 11 is 1.38.